The Bertz CT molecular complexity index is 1790. The van der Waals surface area contributed by atoms with E-state index >= 15 is 0 Å². The highest BCUT2D eigenvalue weighted by molar-refractivity contribution is 7.07. The number of aromatic nitrogens is 8. The van der Waals surface area contributed by atoms with E-state index in [-0.39, 0.29) is 11.9 Å². The summed E-state index contributed by atoms with van der Waals surface area (Å²) < 4.78 is 7.50. The van der Waals surface area contributed by atoms with Crippen LogP contribution in [0.15, 0.2) is 73.3 Å². The zero-order chi connectivity index (χ0) is 25.6. The molecule has 0 unspecified atom stereocenters. The SMILES string of the molecule is Nc1ncccc1-c1nc2ccc(-n3cccn3)nc2n1-c1ccc2c(c1)CC[C@@H]2NC(=O)c1cnns1. The molecule has 1 aromatic carbocycles. The highest BCUT2D eigenvalue weighted by Crippen LogP contribution is 2.36. The molecule has 0 bridgehead atoms. The number of nitrogen functional groups attached to an aromatic ring is 1. The number of rotatable bonds is 5. The number of carbonyl (C=O) groups excluding carboxylic acids is 1. The summed E-state index contributed by atoms with van der Waals surface area (Å²) >= 11 is 1.09. The minimum absolute atomic E-state index is 0.0776. The molecule has 5 heterocycles. The molecule has 11 nitrogen and oxygen atoms in total. The van der Waals surface area contributed by atoms with E-state index in [0.29, 0.717) is 28.0 Å². The van der Waals surface area contributed by atoms with Gasteiger partial charge in [0.2, 0.25) is 0 Å². The molecule has 1 amide bonds. The lowest BCUT2D eigenvalue weighted by atomic mass is 10.1. The molecule has 3 N–H and O–H groups in total. The fraction of sp³-hybridized carbons (Fsp3) is 0.115. The highest BCUT2D eigenvalue weighted by Gasteiger charge is 2.26. The molecule has 7 rings (SSSR count). The summed E-state index contributed by atoms with van der Waals surface area (Å²) in [5.41, 5.74) is 11.5. The molecule has 0 radical (unpaired) electrons. The molecule has 186 valence electrons. The summed E-state index contributed by atoms with van der Waals surface area (Å²) in [4.78, 5) is 27.2. The van der Waals surface area contributed by atoms with Gasteiger partial charge in [0.1, 0.15) is 16.2 Å². The van der Waals surface area contributed by atoms with Crippen LogP contribution in [0.4, 0.5) is 5.82 Å². The molecule has 12 heteroatoms. The van der Waals surface area contributed by atoms with Crippen LogP contribution in [0.25, 0.3) is 34.1 Å². The van der Waals surface area contributed by atoms with Crippen molar-refractivity contribution in [1.82, 2.24) is 44.2 Å². The quantitative estimate of drug-likeness (QED) is 0.352. The summed E-state index contributed by atoms with van der Waals surface area (Å²) in [6.45, 7) is 0. The van der Waals surface area contributed by atoms with Crippen molar-refractivity contribution in [2.75, 3.05) is 5.73 Å². The number of benzene rings is 1. The number of nitrogens with two attached hydrogens (primary N) is 1. The van der Waals surface area contributed by atoms with E-state index in [4.69, 9.17) is 15.7 Å². The Morgan fingerprint density at radius 1 is 1.11 bits per heavy atom. The van der Waals surface area contributed by atoms with Gasteiger partial charge in [-0.05, 0) is 78.0 Å². The van der Waals surface area contributed by atoms with Crippen molar-refractivity contribution < 1.29 is 4.79 Å². The average molecular weight is 521 g/mol. The van der Waals surface area contributed by atoms with Gasteiger partial charge in [-0.1, -0.05) is 10.6 Å². The van der Waals surface area contributed by atoms with Gasteiger partial charge in [-0.3, -0.25) is 9.36 Å². The third-order valence-electron chi connectivity index (χ3n) is 6.66. The van der Waals surface area contributed by atoms with Crippen molar-refractivity contribution in [2.45, 2.75) is 18.9 Å². The summed E-state index contributed by atoms with van der Waals surface area (Å²) in [7, 11) is 0. The van der Waals surface area contributed by atoms with Crippen LogP contribution in [0.3, 0.4) is 0 Å². The van der Waals surface area contributed by atoms with Gasteiger partial charge in [-0.15, -0.1) is 5.10 Å². The molecule has 0 aliphatic heterocycles. The molecule has 6 aromatic rings. The Hall–Kier alpha value is -4.97. The Morgan fingerprint density at radius 2 is 2.05 bits per heavy atom. The summed E-state index contributed by atoms with van der Waals surface area (Å²) in [5, 5.41) is 11.2. The lowest BCUT2D eigenvalue weighted by molar-refractivity contribution is 0.0940. The third-order valence-corrected chi connectivity index (χ3v) is 7.32. The van der Waals surface area contributed by atoms with Gasteiger partial charge in [0.05, 0.1) is 17.8 Å². The first-order valence-corrected chi connectivity index (χ1v) is 12.7. The Morgan fingerprint density at radius 3 is 2.87 bits per heavy atom. The number of hydrogen-bond donors (Lipinski definition) is 2. The number of nitrogens with one attached hydrogen (secondary N) is 1. The van der Waals surface area contributed by atoms with E-state index in [0.717, 1.165) is 52.3 Å². The first-order valence-electron chi connectivity index (χ1n) is 12.0. The van der Waals surface area contributed by atoms with Crippen LogP contribution < -0.4 is 11.1 Å². The maximum Gasteiger partial charge on any atom is 0.265 e. The number of fused-ring (bicyclic) bond motifs is 2. The van der Waals surface area contributed by atoms with E-state index in [1.165, 1.54) is 6.20 Å². The van der Waals surface area contributed by atoms with Crippen molar-refractivity contribution in [3.05, 3.63) is 89.3 Å². The lowest BCUT2D eigenvalue weighted by Crippen LogP contribution is -2.26. The van der Waals surface area contributed by atoms with Crippen molar-refractivity contribution >= 4 is 34.4 Å². The van der Waals surface area contributed by atoms with Crippen LogP contribution >= 0.6 is 11.5 Å². The molecule has 0 saturated carbocycles. The van der Waals surface area contributed by atoms with Crippen molar-refractivity contribution in [1.29, 1.82) is 0 Å². The minimum Gasteiger partial charge on any atom is -0.383 e. The maximum absolute atomic E-state index is 12.6. The molecule has 0 spiro atoms. The first-order chi connectivity index (χ1) is 18.7. The molecular formula is C26H20N10OS. The van der Waals surface area contributed by atoms with Gasteiger partial charge in [0.25, 0.3) is 5.91 Å². The molecule has 1 aliphatic carbocycles. The molecule has 1 atom stereocenters. The fourth-order valence-corrected chi connectivity index (χ4v) is 5.32. The highest BCUT2D eigenvalue weighted by atomic mass is 32.1. The normalized spacial score (nSPS) is 14.6. The minimum atomic E-state index is -0.160. The van der Waals surface area contributed by atoms with Crippen LogP contribution in [0.2, 0.25) is 0 Å². The number of imidazole rings is 1. The number of anilines is 1. The second kappa shape index (κ2) is 8.85. The molecule has 38 heavy (non-hydrogen) atoms. The van der Waals surface area contributed by atoms with E-state index in [1.807, 2.05) is 47.2 Å². The number of aryl methyl sites for hydroxylation is 1. The molecule has 1 aliphatic rings. The predicted octanol–water partition coefficient (Wildman–Crippen LogP) is 3.52. The Kier molecular flexibility index (Phi) is 5.18. The van der Waals surface area contributed by atoms with Gasteiger partial charge >= 0.3 is 0 Å². The van der Waals surface area contributed by atoms with Crippen LogP contribution in [0.1, 0.15) is 33.3 Å². The number of carbonyl (C=O) groups is 1. The van der Waals surface area contributed by atoms with E-state index < -0.39 is 0 Å². The van der Waals surface area contributed by atoms with Crippen LogP contribution in [-0.4, -0.2) is 44.8 Å². The summed E-state index contributed by atoms with van der Waals surface area (Å²) in [5.74, 6) is 1.55. The fourth-order valence-electron chi connectivity index (χ4n) is 4.90. The predicted molar refractivity (Wildman–Crippen MR) is 142 cm³/mol. The van der Waals surface area contributed by atoms with E-state index in [2.05, 4.69) is 37.1 Å². The lowest BCUT2D eigenvalue weighted by Gasteiger charge is -2.15. The molecule has 0 fully saturated rings. The van der Waals surface area contributed by atoms with E-state index in [9.17, 15) is 4.79 Å². The van der Waals surface area contributed by atoms with Crippen molar-refractivity contribution in [3.63, 3.8) is 0 Å². The standard InChI is InChI=1S/C26H20N10OS/c27-23-18(3-1-10-28-23)24-31-20-8-9-22(35-12-2-11-30-35)33-25(20)36(24)16-5-6-17-15(13-16)4-7-19(17)32-26(37)21-14-29-34-38-21/h1-3,5-6,8-14,19H,4,7H2,(H2,27,28)(H,32,37)/t19-/m0/s1. The Labute approximate surface area is 220 Å². The largest absolute Gasteiger partial charge is 0.383 e. The molecular weight excluding hydrogens is 500 g/mol. The smallest absolute Gasteiger partial charge is 0.265 e. The van der Waals surface area contributed by atoms with Crippen molar-refractivity contribution in [2.24, 2.45) is 0 Å². The first kappa shape index (κ1) is 22.2. The van der Waals surface area contributed by atoms with Gasteiger partial charge in [0.15, 0.2) is 17.3 Å². The van der Waals surface area contributed by atoms with Gasteiger partial charge in [0, 0.05) is 24.3 Å². The number of pyridine rings is 2. The zero-order valence-electron chi connectivity index (χ0n) is 19.9. The van der Waals surface area contributed by atoms with Crippen LogP contribution in [0.5, 0.6) is 0 Å². The van der Waals surface area contributed by atoms with Crippen LogP contribution in [-0.2, 0) is 6.42 Å². The maximum atomic E-state index is 12.6. The van der Waals surface area contributed by atoms with Gasteiger partial charge in [-0.25, -0.2) is 19.6 Å². The average Bonchev–Trinajstić information content (AvgIpc) is 3.75. The number of amides is 1. The monoisotopic (exact) mass is 520 g/mol. The second-order valence-electron chi connectivity index (χ2n) is 8.90. The summed E-state index contributed by atoms with van der Waals surface area (Å²) in [6, 6.07) is 15.6. The van der Waals surface area contributed by atoms with Gasteiger partial charge in [-0.2, -0.15) is 5.10 Å². The van der Waals surface area contributed by atoms with Crippen molar-refractivity contribution in [3.8, 4) is 22.9 Å². The van der Waals surface area contributed by atoms with E-state index in [1.54, 1.807) is 17.1 Å². The Balaban J connectivity index is 1.34. The number of nitrogens with zero attached hydrogens (tertiary/aromatic N) is 8. The summed E-state index contributed by atoms with van der Waals surface area (Å²) in [6.07, 6.45) is 8.35. The third kappa shape index (κ3) is 3.69. The number of hydrogen-bond acceptors (Lipinski definition) is 9. The topological polar surface area (TPSA) is 142 Å². The zero-order valence-corrected chi connectivity index (χ0v) is 20.7. The van der Waals surface area contributed by atoms with Gasteiger partial charge < -0.3 is 11.1 Å². The molecule has 0 saturated heterocycles. The van der Waals surface area contributed by atoms with Crippen LogP contribution in [0, 0.1) is 0 Å². The molecule has 5 aromatic heterocycles. The second-order valence-corrected chi connectivity index (χ2v) is 9.69.